The molecule has 0 spiro atoms. The van der Waals surface area contributed by atoms with E-state index in [1.54, 1.807) is 0 Å². The number of amides is 2. The largest absolute Gasteiger partial charge is 0.378 e. The van der Waals surface area contributed by atoms with Gasteiger partial charge >= 0.3 is 0 Å². The third-order valence-electron chi connectivity index (χ3n) is 7.98. The number of hydrogen-bond acceptors (Lipinski definition) is 5. The first-order valence-corrected chi connectivity index (χ1v) is 12.7. The SMILES string of the molecule is CC(CC(=O)N1CCOCC1)(C(=O)NC1(C#N)CC1COCc1ccccc1)C1CCCCC1. The molecule has 1 aromatic rings. The molecule has 34 heavy (non-hydrogen) atoms. The van der Waals surface area contributed by atoms with Gasteiger partial charge in [0.05, 0.1) is 37.9 Å². The van der Waals surface area contributed by atoms with Crippen LogP contribution in [0.5, 0.6) is 0 Å². The van der Waals surface area contributed by atoms with Crippen molar-refractivity contribution in [3.8, 4) is 6.07 Å². The van der Waals surface area contributed by atoms with E-state index >= 15 is 0 Å². The number of morpholine rings is 1. The molecule has 3 unspecified atom stereocenters. The molecule has 2 amide bonds. The fourth-order valence-electron chi connectivity index (χ4n) is 5.48. The molecule has 7 nitrogen and oxygen atoms in total. The van der Waals surface area contributed by atoms with E-state index in [4.69, 9.17) is 9.47 Å². The highest BCUT2D eigenvalue weighted by atomic mass is 16.5. The van der Waals surface area contributed by atoms with Crippen molar-refractivity contribution in [2.45, 2.75) is 64.0 Å². The van der Waals surface area contributed by atoms with E-state index in [0.29, 0.717) is 45.9 Å². The summed E-state index contributed by atoms with van der Waals surface area (Å²) < 4.78 is 11.2. The molecule has 3 atom stereocenters. The minimum absolute atomic E-state index is 0.0103. The van der Waals surface area contributed by atoms with Crippen LogP contribution in [0.1, 0.15) is 57.4 Å². The summed E-state index contributed by atoms with van der Waals surface area (Å²) in [4.78, 5) is 28.7. The van der Waals surface area contributed by atoms with Crippen molar-refractivity contribution >= 4 is 11.8 Å². The highest BCUT2D eigenvalue weighted by Crippen LogP contribution is 2.47. The number of carbonyl (C=O) groups is 2. The number of hydrogen-bond donors (Lipinski definition) is 1. The minimum Gasteiger partial charge on any atom is -0.378 e. The standard InChI is InChI=1S/C27H37N3O4/c1-26(22-10-6-3-7-11-22,17-24(31)30-12-14-33-15-13-30)25(32)29-27(20-28)16-23(27)19-34-18-21-8-4-2-5-9-21/h2,4-5,8-9,22-23H,3,6-7,10-19H2,1H3,(H,29,32). The predicted octanol–water partition coefficient (Wildman–Crippen LogP) is 3.44. The van der Waals surface area contributed by atoms with Crippen LogP contribution in [-0.4, -0.2) is 55.2 Å². The van der Waals surface area contributed by atoms with Crippen LogP contribution < -0.4 is 5.32 Å². The van der Waals surface area contributed by atoms with E-state index in [9.17, 15) is 14.9 Å². The van der Waals surface area contributed by atoms with Gasteiger partial charge in [-0.05, 0) is 37.7 Å². The van der Waals surface area contributed by atoms with Gasteiger partial charge in [-0.15, -0.1) is 0 Å². The second-order valence-corrected chi connectivity index (χ2v) is 10.4. The molecule has 2 saturated carbocycles. The molecule has 3 aliphatic rings. The second kappa shape index (κ2) is 10.9. The number of ether oxygens (including phenoxy) is 2. The predicted molar refractivity (Wildman–Crippen MR) is 127 cm³/mol. The van der Waals surface area contributed by atoms with Crippen molar-refractivity contribution in [2.75, 3.05) is 32.9 Å². The first kappa shape index (κ1) is 24.7. The maximum absolute atomic E-state index is 13.7. The lowest BCUT2D eigenvalue weighted by Gasteiger charge is -2.40. The Morgan fingerprint density at radius 2 is 1.91 bits per heavy atom. The van der Waals surface area contributed by atoms with Crippen LogP contribution in [0, 0.1) is 28.6 Å². The zero-order chi connectivity index (χ0) is 24.0. The highest BCUT2D eigenvalue weighted by molar-refractivity contribution is 5.90. The second-order valence-electron chi connectivity index (χ2n) is 10.4. The lowest BCUT2D eigenvalue weighted by Crippen LogP contribution is -2.52. The number of nitrogens with zero attached hydrogens (tertiary/aromatic N) is 2. The Morgan fingerprint density at radius 1 is 1.21 bits per heavy atom. The molecular weight excluding hydrogens is 430 g/mol. The van der Waals surface area contributed by atoms with Crippen molar-refractivity contribution in [3.05, 3.63) is 35.9 Å². The Morgan fingerprint density at radius 3 is 2.59 bits per heavy atom. The van der Waals surface area contributed by atoms with Crippen LogP contribution in [0.15, 0.2) is 30.3 Å². The van der Waals surface area contributed by atoms with Gasteiger partial charge in [0.15, 0.2) is 0 Å². The molecule has 4 rings (SSSR count). The maximum Gasteiger partial charge on any atom is 0.227 e. The Bertz CT molecular complexity index is 889. The Balaban J connectivity index is 1.40. The smallest absolute Gasteiger partial charge is 0.227 e. The summed E-state index contributed by atoms with van der Waals surface area (Å²) in [6, 6.07) is 12.3. The van der Waals surface area contributed by atoms with Gasteiger partial charge in [-0.2, -0.15) is 5.26 Å². The van der Waals surface area contributed by atoms with Gasteiger partial charge in [0.1, 0.15) is 5.54 Å². The van der Waals surface area contributed by atoms with E-state index in [1.165, 1.54) is 6.42 Å². The monoisotopic (exact) mass is 467 g/mol. The van der Waals surface area contributed by atoms with Gasteiger partial charge in [0, 0.05) is 25.4 Å². The lowest BCUT2D eigenvalue weighted by atomic mass is 9.67. The van der Waals surface area contributed by atoms with Crippen LogP contribution in [0.3, 0.4) is 0 Å². The van der Waals surface area contributed by atoms with E-state index in [1.807, 2.05) is 42.2 Å². The number of benzene rings is 1. The van der Waals surface area contributed by atoms with Crippen LogP contribution >= 0.6 is 0 Å². The minimum atomic E-state index is -0.897. The zero-order valence-electron chi connectivity index (χ0n) is 20.3. The summed E-state index contributed by atoms with van der Waals surface area (Å²) in [5, 5.41) is 13.0. The fraction of sp³-hybridized carbons (Fsp3) is 0.667. The van der Waals surface area contributed by atoms with Crippen molar-refractivity contribution in [1.82, 2.24) is 10.2 Å². The summed E-state index contributed by atoms with van der Waals surface area (Å²) in [6.45, 7) is 5.08. The summed E-state index contributed by atoms with van der Waals surface area (Å²) in [5.74, 6) is -0.0339. The summed E-state index contributed by atoms with van der Waals surface area (Å²) >= 11 is 0. The average molecular weight is 468 g/mol. The highest BCUT2D eigenvalue weighted by Gasteiger charge is 2.58. The van der Waals surface area contributed by atoms with E-state index in [-0.39, 0.29) is 30.1 Å². The fourth-order valence-corrected chi connectivity index (χ4v) is 5.48. The van der Waals surface area contributed by atoms with Crippen molar-refractivity contribution in [1.29, 1.82) is 5.26 Å². The van der Waals surface area contributed by atoms with Gasteiger partial charge in [0.25, 0.3) is 0 Å². The molecule has 0 bridgehead atoms. The van der Waals surface area contributed by atoms with Gasteiger partial charge in [0.2, 0.25) is 11.8 Å². The van der Waals surface area contributed by atoms with Crippen LogP contribution in [0.2, 0.25) is 0 Å². The molecule has 1 aromatic carbocycles. The zero-order valence-corrected chi connectivity index (χ0v) is 20.3. The molecule has 1 aliphatic heterocycles. The van der Waals surface area contributed by atoms with Crippen LogP contribution in [-0.2, 0) is 25.7 Å². The Labute approximate surface area is 202 Å². The number of nitriles is 1. The van der Waals surface area contributed by atoms with Crippen molar-refractivity contribution < 1.29 is 19.1 Å². The average Bonchev–Trinajstić information content (AvgIpc) is 3.58. The molecule has 1 N–H and O–H groups in total. The van der Waals surface area contributed by atoms with Gasteiger partial charge in [-0.25, -0.2) is 0 Å². The molecule has 2 aliphatic carbocycles. The van der Waals surface area contributed by atoms with E-state index in [0.717, 1.165) is 31.2 Å². The molecule has 3 fully saturated rings. The quantitative estimate of drug-likeness (QED) is 0.601. The number of rotatable bonds is 9. The topological polar surface area (TPSA) is 91.7 Å². The molecule has 184 valence electrons. The van der Waals surface area contributed by atoms with E-state index in [2.05, 4.69) is 11.4 Å². The number of carbonyl (C=O) groups excluding carboxylic acids is 2. The maximum atomic E-state index is 13.7. The van der Waals surface area contributed by atoms with Gasteiger partial charge < -0.3 is 19.7 Å². The molecule has 7 heteroatoms. The molecule has 0 radical (unpaired) electrons. The third-order valence-corrected chi connectivity index (χ3v) is 7.98. The van der Waals surface area contributed by atoms with Crippen LogP contribution in [0.4, 0.5) is 0 Å². The van der Waals surface area contributed by atoms with Crippen molar-refractivity contribution in [2.24, 2.45) is 17.3 Å². The normalized spacial score (nSPS) is 26.8. The first-order chi connectivity index (χ1) is 16.5. The summed E-state index contributed by atoms with van der Waals surface area (Å²) in [5.41, 5.74) is -0.634. The summed E-state index contributed by atoms with van der Waals surface area (Å²) in [7, 11) is 0. The van der Waals surface area contributed by atoms with Gasteiger partial charge in [-0.1, -0.05) is 49.6 Å². The molecule has 1 heterocycles. The van der Waals surface area contributed by atoms with Crippen molar-refractivity contribution in [3.63, 3.8) is 0 Å². The van der Waals surface area contributed by atoms with Crippen LogP contribution in [0.25, 0.3) is 0 Å². The Hall–Kier alpha value is -2.43. The Kier molecular flexibility index (Phi) is 7.90. The van der Waals surface area contributed by atoms with E-state index < -0.39 is 11.0 Å². The third kappa shape index (κ3) is 5.61. The summed E-state index contributed by atoms with van der Waals surface area (Å²) in [6.07, 6.45) is 6.00. The lowest BCUT2D eigenvalue weighted by molar-refractivity contribution is -0.146. The number of nitrogens with one attached hydrogen (secondary N) is 1. The molecule has 1 saturated heterocycles. The molecular formula is C27H37N3O4. The molecule has 0 aromatic heterocycles. The first-order valence-electron chi connectivity index (χ1n) is 12.7. The van der Waals surface area contributed by atoms with Gasteiger partial charge in [-0.3, -0.25) is 9.59 Å².